The van der Waals surface area contributed by atoms with Gasteiger partial charge in [-0.25, -0.2) is 4.39 Å². The SMILES string of the molecule is N[C@@H](C(=O)c1ccc(Cl)cc1F)c1ccccc1. The van der Waals surface area contributed by atoms with Crippen molar-refractivity contribution in [1.82, 2.24) is 0 Å². The van der Waals surface area contributed by atoms with Gasteiger partial charge in [-0.15, -0.1) is 0 Å². The average molecular weight is 264 g/mol. The molecule has 18 heavy (non-hydrogen) atoms. The Morgan fingerprint density at radius 1 is 1.17 bits per heavy atom. The second kappa shape index (κ2) is 5.29. The lowest BCUT2D eigenvalue weighted by molar-refractivity contribution is 0.0957. The maximum absolute atomic E-state index is 13.6. The van der Waals surface area contributed by atoms with Gasteiger partial charge in [-0.3, -0.25) is 4.79 Å². The van der Waals surface area contributed by atoms with Crippen LogP contribution in [0.1, 0.15) is 22.0 Å². The van der Waals surface area contributed by atoms with Gasteiger partial charge in [-0.05, 0) is 23.8 Å². The Kier molecular flexibility index (Phi) is 3.75. The Balaban J connectivity index is 2.32. The van der Waals surface area contributed by atoms with Crippen LogP contribution in [0.5, 0.6) is 0 Å². The van der Waals surface area contributed by atoms with Crippen LogP contribution < -0.4 is 5.73 Å². The molecule has 0 unspecified atom stereocenters. The molecule has 2 nitrogen and oxygen atoms in total. The third-order valence-corrected chi connectivity index (χ3v) is 2.87. The predicted molar refractivity (Wildman–Crippen MR) is 69.1 cm³/mol. The molecule has 4 heteroatoms. The number of ketones is 1. The second-order valence-corrected chi connectivity index (χ2v) is 4.31. The molecule has 0 bridgehead atoms. The van der Waals surface area contributed by atoms with Crippen molar-refractivity contribution < 1.29 is 9.18 Å². The highest BCUT2D eigenvalue weighted by Crippen LogP contribution is 2.20. The number of halogens is 2. The topological polar surface area (TPSA) is 43.1 Å². The fourth-order valence-electron chi connectivity index (χ4n) is 1.67. The van der Waals surface area contributed by atoms with Gasteiger partial charge in [0.1, 0.15) is 5.82 Å². The molecule has 0 heterocycles. The Labute approximate surface area is 109 Å². The van der Waals surface area contributed by atoms with Crippen LogP contribution in [-0.2, 0) is 0 Å². The summed E-state index contributed by atoms with van der Waals surface area (Å²) in [4.78, 5) is 12.1. The summed E-state index contributed by atoms with van der Waals surface area (Å²) in [7, 11) is 0. The highest BCUT2D eigenvalue weighted by molar-refractivity contribution is 6.30. The molecule has 0 spiro atoms. The molecule has 0 amide bonds. The lowest BCUT2D eigenvalue weighted by atomic mass is 9.98. The molecule has 0 aliphatic carbocycles. The van der Waals surface area contributed by atoms with Crippen LogP contribution in [0.4, 0.5) is 4.39 Å². The van der Waals surface area contributed by atoms with E-state index in [9.17, 15) is 9.18 Å². The Bertz CT molecular complexity index is 571. The fourth-order valence-corrected chi connectivity index (χ4v) is 1.83. The Morgan fingerprint density at radius 3 is 2.44 bits per heavy atom. The van der Waals surface area contributed by atoms with E-state index < -0.39 is 17.6 Å². The van der Waals surface area contributed by atoms with Gasteiger partial charge in [-0.1, -0.05) is 41.9 Å². The largest absolute Gasteiger partial charge is 0.318 e. The number of rotatable bonds is 3. The van der Waals surface area contributed by atoms with Gasteiger partial charge < -0.3 is 5.73 Å². The van der Waals surface area contributed by atoms with Gasteiger partial charge in [0.2, 0.25) is 0 Å². The molecule has 1 atom stereocenters. The molecule has 0 saturated heterocycles. The summed E-state index contributed by atoms with van der Waals surface area (Å²) in [6.07, 6.45) is 0. The smallest absolute Gasteiger partial charge is 0.186 e. The molecule has 0 radical (unpaired) electrons. The monoisotopic (exact) mass is 263 g/mol. The number of nitrogens with two attached hydrogens (primary N) is 1. The van der Waals surface area contributed by atoms with Crippen molar-refractivity contribution in [2.45, 2.75) is 6.04 Å². The number of benzene rings is 2. The number of hydrogen-bond acceptors (Lipinski definition) is 2. The average Bonchev–Trinajstić information content (AvgIpc) is 2.38. The first-order valence-corrected chi connectivity index (χ1v) is 5.77. The normalized spacial score (nSPS) is 12.2. The lowest BCUT2D eigenvalue weighted by Crippen LogP contribution is -2.22. The molecule has 0 saturated carbocycles. The molecule has 2 N–H and O–H groups in total. The summed E-state index contributed by atoms with van der Waals surface area (Å²) in [5.74, 6) is -1.12. The zero-order valence-corrected chi connectivity index (χ0v) is 10.2. The third kappa shape index (κ3) is 2.58. The van der Waals surface area contributed by atoms with Crippen molar-refractivity contribution >= 4 is 17.4 Å². The van der Waals surface area contributed by atoms with Crippen molar-refractivity contribution in [3.63, 3.8) is 0 Å². The van der Waals surface area contributed by atoms with E-state index in [1.165, 1.54) is 12.1 Å². The molecule has 0 fully saturated rings. The third-order valence-electron chi connectivity index (χ3n) is 2.64. The zero-order valence-electron chi connectivity index (χ0n) is 9.44. The van der Waals surface area contributed by atoms with E-state index in [-0.39, 0.29) is 10.6 Å². The van der Waals surface area contributed by atoms with Crippen LogP contribution in [0.2, 0.25) is 5.02 Å². The Morgan fingerprint density at radius 2 is 1.83 bits per heavy atom. The number of carbonyl (C=O) groups is 1. The highest BCUT2D eigenvalue weighted by atomic mass is 35.5. The van der Waals surface area contributed by atoms with Crippen molar-refractivity contribution in [3.8, 4) is 0 Å². The summed E-state index contributed by atoms with van der Waals surface area (Å²) in [5.41, 5.74) is 6.43. The quantitative estimate of drug-likeness (QED) is 0.863. The molecule has 2 rings (SSSR count). The van der Waals surface area contributed by atoms with E-state index in [0.29, 0.717) is 5.56 Å². The summed E-state index contributed by atoms with van der Waals surface area (Å²) in [6, 6.07) is 11.9. The van der Waals surface area contributed by atoms with Crippen LogP contribution >= 0.6 is 11.6 Å². The van der Waals surface area contributed by atoms with Gasteiger partial charge in [0.05, 0.1) is 11.6 Å². The first-order chi connectivity index (χ1) is 8.59. The van der Waals surface area contributed by atoms with E-state index in [4.69, 9.17) is 17.3 Å². The van der Waals surface area contributed by atoms with E-state index in [2.05, 4.69) is 0 Å². The van der Waals surface area contributed by atoms with E-state index in [0.717, 1.165) is 6.07 Å². The summed E-state index contributed by atoms with van der Waals surface area (Å²) >= 11 is 5.64. The predicted octanol–water partition coefficient (Wildman–Crippen LogP) is 3.36. The summed E-state index contributed by atoms with van der Waals surface area (Å²) < 4.78 is 13.6. The van der Waals surface area contributed by atoms with Gasteiger partial charge in [0.15, 0.2) is 5.78 Å². The molecule has 2 aromatic carbocycles. The first-order valence-electron chi connectivity index (χ1n) is 5.39. The van der Waals surface area contributed by atoms with Crippen LogP contribution in [-0.4, -0.2) is 5.78 Å². The van der Waals surface area contributed by atoms with Crippen LogP contribution in [0.15, 0.2) is 48.5 Å². The molecule has 0 aromatic heterocycles. The summed E-state index contributed by atoms with van der Waals surface area (Å²) in [5, 5.41) is 0.248. The van der Waals surface area contributed by atoms with Crippen molar-refractivity contribution in [3.05, 3.63) is 70.5 Å². The van der Waals surface area contributed by atoms with Gasteiger partial charge in [-0.2, -0.15) is 0 Å². The van der Waals surface area contributed by atoms with Crippen molar-refractivity contribution in [2.24, 2.45) is 5.73 Å². The van der Waals surface area contributed by atoms with Crippen molar-refractivity contribution in [2.75, 3.05) is 0 Å². The lowest BCUT2D eigenvalue weighted by Gasteiger charge is -2.11. The fraction of sp³-hybridized carbons (Fsp3) is 0.0714. The Hall–Kier alpha value is -1.71. The zero-order chi connectivity index (χ0) is 13.1. The number of carbonyl (C=O) groups excluding carboxylic acids is 1. The molecule has 0 aliphatic heterocycles. The number of Topliss-reactive ketones (excluding diaryl/α,β-unsaturated/α-hetero) is 1. The minimum Gasteiger partial charge on any atom is -0.318 e. The standard InChI is InChI=1S/C14H11ClFNO/c15-10-6-7-11(12(16)8-10)14(18)13(17)9-4-2-1-3-5-9/h1-8,13H,17H2/t13-/m1/s1. The molecular weight excluding hydrogens is 253 g/mol. The molecule has 0 aliphatic rings. The van der Waals surface area contributed by atoms with Crippen molar-refractivity contribution in [1.29, 1.82) is 0 Å². The molecule has 92 valence electrons. The minimum atomic E-state index is -0.873. The van der Waals surface area contributed by atoms with Gasteiger partial charge >= 0.3 is 0 Å². The van der Waals surface area contributed by atoms with E-state index in [1.54, 1.807) is 24.3 Å². The van der Waals surface area contributed by atoms with E-state index >= 15 is 0 Å². The van der Waals surface area contributed by atoms with Crippen LogP contribution in [0, 0.1) is 5.82 Å². The first kappa shape index (κ1) is 12.7. The van der Waals surface area contributed by atoms with Gasteiger partial charge in [0.25, 0.3) is 0 Å². The van der Waals surface area contributed by atoms with E-state index in [1.807, 2.05) is 6.07 Å². The highest BCUT2D eigenvalue weighted by Gasteiger charge is 2.20. The van der Waals surface area contributed by atoms with Crippen LogP contribution in [0.25, 0.3) is 0 Å². The second-order valence-electron chi connectivity index (χ2n) is 3.88. The maximum Gasteiger partial charge on any atom is 0.186 e. The van der Waals surface area contributed by atoms with Crippen LogP contribution in [0.3, 0.4) is 0 Å². The summed E-state index contributed by atoms with van der Waals surface area (Å²) in [6.45, 7) is 0. The molecular formula is C14H11ClFNO. The molecule has 2 aromatic rings. The van der Waals surface area contributed by atoms with Gasteiger partial charge in [0, 0.05) is 5.02 Å². The maximum atomic E-state index is 13.6. The minimum absolute atomic E-state index is 0.0456. The number of hydrogen-bond donors (Lipinski definition) is 1.